The van der Waals surface area contributed by atoms with Crippen molar-refractivity contribution in [1.29, 1.82) is 5.26 Å². The zero-order chi connectivity index (χ0) is 12.5. The average Bonchev–Trinajstić information content (AvgIpc) is 2.23. The molecule has 1 aliphatic rings. The van der Waals surface area contributed by atoms with E-state index < -0.39 is 5.60 Å². The van der Waals surface area contributed by atoms with Gasteiger partial charge in [-0.15, -0.1) is 0 Å². The Morgan fingerprint density at radius 2 is 2.29 bits per heavy atom. The summed E-state index contributed by atoms with van der Waals surface area (Å²) in [5, 5.41) is 25.2. The number of aromatic nitrogens is 1. The van der Waals surface area contributed by atoms with Crippen molar-refractivity contribution in [3.63, 3.8) is 0 Å². The normalized spacial score (nSPS) is 17.1. The van der Waals surface area contributed by atoms with Crippen LogP contribution in [-0.4, -0.2) is 35.3 Å². The Labute approximate surface area is 100 Å². The molecule has 0 unspecified atom stereocenters. The summed E-state index contributed by atoms with van der Waals surface area (Å²) >= 11 is 0. The summed E-state index contributed by atoms with van der Waals surface area (Å²) in [6.07, 6.45) is 0. The standard InChI is InChI=1S/C12H16N4O/c1-8-3-11(10(4-13)9(2)16-8)15-7-12(17)5-14-6-12/h3,14,17H,5-7H2,1-2H3,(H,15,16). The Kier molecular flexibility index (Phi) is 3.01. The number of aryl methyl sites for hydroxylation is 2. The van der Waals surface area contributed by atoms with Gasteiger partial charge in [-0.3, -0.25) is 4.98 Å². The van der Waals surface area contributed by atoms with Gasteiger partial charge in [-0.25, -0.2) is 0 Å². The first-order valence-electron chi connectivity index (χ1n) is 5.59. The Balaban J connectivity index is 2.17. The zero-order valence-corrected chi connectivity index (χ0v) is 10.0. The second-order valence-electron chi connectivity index (χ2n) is 4.56. The van der Waals surface area contributed by atoms with Gasteiger partial charge in [0.2, 0.25) is 0 Å². The minimum absolute atomic E-state index is 0.442. The molecule has 90 valence electrons. The van der Waals surface area contributed by atoms with Gasteiger partial charge in [0.05, 0.1) is 16.9 Å². The van der Waals surface area contributed by atoms with Crippen molar-refractivity contribution >= 4 is 5.69 Å². The molecule has 17 heavy (non-hydrogen) atoms. The quantitative estimate of drug-likeness (QED) is 0.699. The van der Waals surface area contributed by atoms with E-state index in [4.69, 9.17) is 5.26 Å². The Bertz CT molecular complexity index is 474. The summed E-state index contributed by atoms with van der Waals surface area (Å²) < 4.78 is 0. The minimum atomic E-state index is -0.697. The highest BCUT2D eigenvalue weighted by Crippen LogP contribution is 2.20. The van der Waals surface area contributed by atoms with Gasteiger partial charge in [-0.1, -0.05) is 0 Å². The number of pyridine rings is 1. The highest BCUT2D eigenvalue weighted by atomic mass is 16.3. The fourth-order valence-corrected chi connectivity index (χ4v) is 1.91. The molecule has 1 aromatic rings. The van der Waals surface area contributed by atoms with Gasteiger partial charge in [-0.05, 0) is 19.9 Å². The van der Waals surface area contributed by atoms with Gasteiger partial charge >= 0.3 is 0 Å². The number of anilines is 1. The lowest BCUT2D eigenvalue weighted by Gasteiger charge is -2.37. The molecule has 0 aromatic carbocycles. The van der Waals surface area contributed by atoms with Gasteiger partial charge in [-0.2, -0.15) is 5.26 Å². The van der Waals surface area contributed by atoms with E-state index in [0.29, 0.717) is 30.9 Å². The molecule has 0 radical (unpaired) electrons. The molecule has 0 atom stereocenters. The molecule has 1 fully saturated rings. The van der Waals surface area contributed by atoms with Gasteiger partial charge in [0.1, 0.15) is 11.7 Å². The number of nitriles is 1. The third-order valence-corrected chi connectivity index (χ3v) is 2.96. The van der Waals surface area contributed by atoms with Crippen molar-refractivity contribution in [1.82, 2.24) is 10.3 Å². The van der Waals surface area contributed by atoms with E-state index in [-0.39, 0.29) is 0 Å². The van der Waals surface area contributed by atoms with Crippen LogP contribution in [0.25, 0.3) is 0 Å². The van der Waals surface area contributed by atoms with Gasteiger partial charge in [0, 0.05) is 25.3 Å². The summed E-state index contributed by atoms with van der Waals surface area (Å²) in [6.45, 7) is 5.32. The molecule has 5 heteroatoms. The van der Waals surface area contributed by atoms with Crippen molar-refractivity contribution in [2.24, 2.45) is 0 Å². The van der Waals surface area contributed by atoms with Crippen LogP contribution in [-0.2, 0) is 0 Å². The molecule has 5 nitrogen and oxygen atoms in total. The molecule has 0 saturated carbocycles. The SMILES string of the molecule is Cc1cc(NCC2(O)CNC2)c(C#N)c(C)n1. The number of nitrogens with zero attached hydrogens (tertiary/aromatic N) is 2. The van der Waals surface area contributed by atoms with Crippen molar-refractivity contribution in [3.05, 3.63) is 23.0 Å². The van der Waals surface area contributed by atoms with Crippen LogP contribution < -0.4 is 10.6 Å². The van der Waals surface area contributed by atoms with Gasteiger partial charge in [0.15, 0.2) is 0 Å². The molecule has 0 spiro atoms. The van der Waals surface area contributed by atoms with E-state index in [1.165, 1.54) is 0 Å². The van der Waals surface area contributed by atoms with Crippen LogP contribution in [0.1, 0.15) is 17.0 Å². The molecule has 0 bridgehead atoms. The Morgan fingerprint density at radius 3 is 2.82 bits per heavy atom. The molecule has 2 rings (SSSR count). The summed E-state index contributed by atoms with van der Waals surface area (Å²) in [5.74, 6) is 0. The predicted octanol–water partition coefficient (Wildman–Crippen LogP) is 0.316. The lowest BCUT2D eigenvalue weighted by Crippen LogP contribution is -2.63. The summed E-state index contributed by atoms with van der Waals surface area (Å²) in [7, 11) is 0. The molecular weight excluding hydrogens is 216 g/mol. The fraction of sp³-hybridized carbons (Fsp3) is 0.500. The van der Waals surface area contributed by atoms with Crippen molar-refractivity contribution in [2.75, 3.05) is 25.0 Å². The first-order chi connectivity index (χ1) is 8.04. The fourth-order valence-electron chi connectivity index (χ4n) is 1.91. The summed E-state index contributed by atoms with van der Waals surface area (Å²) in [5.41, 5.74) is 2.18. The highest BCUT2D eigenvalue weighted by molar-refractivity contribution is 5.60. The molecule has 2 heterocycles. The van der Waals surface area contributed by atoms with E-state index in [9.17, 15) is 5.11 Å². The molecule has 3 N–H and O–H groups in total. The number of β-amino-alcohol motifs (C(OH)–C–C–N with tert-alkyl or cyclic N) is 1. The number of aliphatic hydroxyl groups is 1. The van der Waals surface area contributed by atoms with Crippen molar-refractivity contribution in [3.8, 4) is 6.07 Å². The second-order valence-corrected chi connectivity index (χ2v) is 4.56. The van der Waals surface area contributed by atoms with Crippen LogP contribution in [0, 0.1) is 25.2 Å². The van der Waals surface area contributed by atoms with Crippen LogP contribution in [0.3, 0.4) is 0 Å². The number of nitrogens with one attached hydrogen (secondary N) is 2. The third kappa shape index (κ3) is 2.38. The van der Waals surface area contributed by atoms with E-state index in [2.05, 4.69) is 21.7 Å². The van der Waals surface area contributed by atoms with E-state index in [1.807, 2.05) is 19.9 Å². The monoisotopic (exact) mass is 232 g/mol. The van der Waals surface area contributed by atoms with Crippen LogP contribution in [0.15, 0.2) is 6.07 Å². The van der Waals surface area contributed by atoms with Gasteiger partial charge < -0.3 is 15.7 Å². The summed E-state index contributed by atoms with van der Waals surface area (Å²) in [6, 6.07) is 3.98. The Hall–Kier alpha value is -1.64. The second kappa shape index (κ2) is 4.32. The van der Waals surface area contributed by atoms with Crippen molar-refractivity contribution < 1.29 is 5.11 Å². The number of hydrogen-bond acceptors (Lipinski definition) is 5. The lowest BCUT2D eigenvalue weighted by atomic mass is 9.97. The highest BCUT2D eigenvalue weighted by Gasteiger charge is 2.34. The van der Waals surface area contributed by atoms with Crippen molar-refractivity contribution in [2.45, 2.75) is 19.4 Å². The maximum atomic E-state index is 9.95. The van der Waals surface area contributed by atoms with Crippen LogP contribution in [0.5, 0.6) is 0 Å². The smallest absolute Gasteiger partial charge is 0.107 e. The topological polar surface area (TPSA) is 81.0 Å². The van der Waals surface area contributed by atoms with Gasteiger partial charge in [0.25, 0.3) is 0 Å². The van der Waals surface area contributed by atoms with Crippen LogP contribution >= 0.6 is 0 Å². The van der Waals surface area contributed by atoms with Crippen LogP contribution in [0.2, 0.25) is 0 Å². The molecular formula is C12H16N4O. The first-order valence-corrected chi connectivity index (χ1v) is 5.59. The third-order valence-electron chi connectivity index (χ3n) is 2.96. The molecule has 1 aromatic heterocycles. The predicted molar refractivity (Wildman–Crippen MR) is 64.7 cm³/mol. The molecule has 0 amide bonds. The number of rotatable bonds is 3. The minimum Gasteiger partial charge on any atom is -0.385 e. The number of hydrogen-bond donors (Lipinski definition) is 3. The first kappa shape index (κ1) is 11.8. The molecule has 1 saturated heterocycles. The zero-order valence-electron chi connectivity index (χ0n) is 10.0. The van der Waals surface area contributed by atoms with E-state index in [1.54, 1.807) is 0 Å². The van der Waals surface area contributed by atoms with E-state index >= 15 is 0 Å². The average molecular weight is 232 g/mol. The van der Waals surface area contributed by atoms with E-state index in [0.717, 1.165) is 11.4 Å². The largest absolute Gasteiger partial charge is 0.385 e. The lowest BCUT2D eigenvalue weighted by molar-refractivity contribution is 0.00312. The molecule has 1 aliphatic heterocycles. The maximum Gasteiger partial charge on any atom is 0.107 e. The van der Waals surface area contributed by atoms with Crippen LogP contribution in [0.4, 0.5) is 5.69 Å². The Morgan fingerprint density at radius 1 is 1.59 bits per heavy atom. The molecule has 0 aliphatic carbocycles. The summed E-state index contributed by atoms with van der Waals surface area (Å²) in [4.78, 5) is 4.25. The maximum absolute atomic E-state index is 9.95.